The number of phenolic OH excluding ortho intramolecular Hbond substituents is 1. The van der Waals surface area contributed by atoms with Crippen LogP contribution in [0.1, 0.15) is 55.9 Å². The van der Waals surface area contributed by atoms with E-state index in [1.165, 1.54) is 0 Å². The molecule has 0 fully saturated rings. The van der Waals surface area contributed by atoms with Crippen LogP contribution < -0.4 is 0 Å². The topological polar surface area (TPSA) is 57.5 Å². The molecule has 1 aromatic carbocycles. The lowest BCUT2D eigenvalue weighted by Crippen LogP contribution is -2.16. The summed E-state index contributed by atoms with van der Waals surface area (Å²) in [6, 6.07) is 1.90. The SMILES string of the molecule is Cc1cc(C(C)(C)C)c(O)c(C)c1C(C)C(=O)O. The van der Waals surface area contributed by atoms with Crippen LogP contribution in [0.3, 0.4) is 0 Å². The molecule has 0 amide bonds. The van der Waals surface area contributed by atoms with E-state index in [4.69, 9.17) is 5.11 Å². The van der Waals surface area contributed by atoms with Crippen LogP contribution in [0.25, 0.3) is 0 Å². The van der Waals surface area contributed by atoms with Gasteiger partial charge in [0.05, 0.1) is 5.92 Å². The van der Waals surface area contributed by atoms with Crippen LogP contribution in [-0.4, -0.2) is 16.2 Å². The normalized spacial score (nSPS) is 13.4. The van der Waals surface area contributed by atoms with Gasteiger partial charge in [-0.15, -0.1) is 0 Å². The summed E-state index contributed by atoms with van der Waals surface area (Å²) in [7, 11) is 0. The maximum atomic E-state index is 11.1. The molecule has 1 atom stereocenters. The molecule has 0 saturated carbocycles. The number of benzene rings is 1. The first-order valence-electron chi connectivity index (χ1n) is 6.13. The number of hydrogen-bond donors (Lipinski definition) is 2. The molecule has 100 valence electrons. The highest BCUT2D eigenvalue weighted by Crippen LogP contribution is 2.38. The first-order chi connectivity index (χ1) is 8.07. The predicted octanol–water partition coefficient (Wildman–Crippen LogP) is 3.49. The summed E-state index contributed by atoms with van der Waals surface area (Å²) in [5, 5.41) is 19.4. The minimum Gasteiger partial charge on any atom is -0.507 e. The number of carboxylic acids is 1. The lowest BCUT2D eigenvalue weighted by atomic mass is 9.80. The Labute approximate surface area is 108 Å². The fourth-order valence-corrected chi connectivity index (χ4v) is 2.35. The summed E-state index contributed by atoms with van der Waals surface area (Å²) < 4.78 is 0. The molecule has 0 aliphatic heterocycles. The first kappa shape index (κ1) is 14.6. The van der Waals surface area contributed by atoms with Crippen molar-refractivity contribution in [3.8, 4) is 5.75 Å². The van der Waals surface area contributed by atoms with Crippen LogP contribution in [-0.2, 0) is 10.2 Å². The highest BCUT2D eigenvalue weighted by molar-refractivity contribution is 5.77. The smallest absolute Gasteiger partial charge is 0.310 e. The molecule has 1 aromatic rings. The Morgan fingerprint density at radius 2 is 1.78 bits per heavy atom. The van der Waals surface area contributed by atoms with Crippen molar-refractivity contribution in [3.63, 3.8) is 0 Å². The van der Waals surface area contributed by atoms with E-state index in [1.807, 2.05) is 33.8 Å². The minimum absolute atomic E-state index is 0.162. The molecule has 0 bridgehead atoms. The Hall–Kier alpha value is -1.51. The number of hydrogen-bond acceptors (Lipinski definition) is 2. The van der Waals surface area contributed by atoms with E-state index >= 15 is 0 Å². The van der Waals surface area contributed by atoms with Gasteiger partial charge in [0.15, 0.2) is 0 Å². The third-order valence-electron chi connectivity index (χ3n) is 3.41. The second-order valence-electron chi connectivity index (χ2n) is 5.94. The Morgan fingerprint density at radius 1 is 1.28 bits per heavy atom. The number of rotatable bonds is 2. The Kier molecular flexibility index (Phi) is 3.75. The monoisotopic (exact) mass is 250 g/mol. The number of phenols is 1. The highest BCUT2D eigenvalue weighted by atomic mass is 16.4. The molecule has 0 radical (unpaired) electrons. The Bertz CT molecular complexity index is 481. The molecular formula is C15H22O3. The molecule has 0 spiro atoms. The van der Waals surface area contributed by atoms with Gasteiger partial charge in [-0.3, -0.25) is 4.79 Å². The van der Waals surface area contributed by atoms with Crippen LogP contribution in [0.5, 0.6) is 5.75 Å². The maximum absolute atomic E-state index is 11.1. The van der Waals surface area contributed by atoms with E-state index in [-0.39, 0.29) is 11.2 Å². The number of aryl methyl sites for hydroxylation is 1. The van der Waals surface area contributed by atoms with Crippen LogP contribution >= 0.6 is 0 Å². The molecular weight excluding hydrogens is 228 g/mol. The van der Waals surface area contributed by atoms with Crippen molar-refractivity contribution >= 4 is 5.97 Å². The molecule has 0 heterocycles. The summed E-state index contributed by atoms with van der Waals surface area (Å²) >= 11 is 0. The average Bonchev–Trinajstić information content (AvgIpc) is 2.21. The number of carboxylic acid groups (broad SMARTS) is 1. The average molecular weight is 250 g/mol. The molecule has 0 aromatic heterocycles. The Morgan fingerprint density at radius 3 is 2.17 bits per heavy atom. The van der Waals surface area contributed by atoms with Gasteiger partial charge in [-0.1, -0.05) is 26.8 Å². The Balaban J connectivity index is 3.53. The van der Waals surface area contributed by atoms with Crippen molar-refractivity contribution in [3.05, 3.63) is 28.3 Å². The van der Waals surface area contributed by atoms with E-state index in [1.54, 1.807) is 13.8 Å². The van der Waals surface area contributed by atoms with Crippen LogP contribution in [0.15, 0.2) is 6.07 Å². The predicted molar refractivity (Wildman–Crippen MR) is 72.3 cm³/mol. The van der Waals surface area contributed by atoms with E-state index in [9.17, 15) is 9.90 Å². The fraction of sp³-hybridized carbons (Fsp3) is 0.533. The second kappa shape index (κ2) is 4.63. The zero-order valence-electron chi connectivity index (χ0n) is 12.0. The zero-order valence-corrected chi connectivity index (χ0v) is 12.0. The van der Waals surface area contributed by atoms with E-state index < -0.39 is 11.9 Å². The van der Waals surface area contributed by atoms with Crippen molar-refractivity contribution in [2.75, 3.05) is 0 Å². The van der Waals surface area contributed by atoms with Gasteiger partial charge in [0, 0.05) is 0 Å². The van der Waals surface area contributed by atoms with Crippen molar-refractivity contribution in [1.29, 1.82) is 0 Å². The standard InChI is InChI=1S/C15H22O3/c1-8-7-11(15(4,5)6)13(16)9(2)12(8)10(3)14(17)18/h7,10,16H,1-6H3,(H,17,18). The van der Waals surface area contributed by atoms with Crippen molar-refractivity contribution in [2.45, 2.75) is 52.9 Å². The number of carbonyl (C=O) groups is 1. The summed E-state index contributed by atoms with van der Waals surface area (Å²) in [6.45, 7) is 11.4. The number of aliphatic carboxylic acids is 1. The third-order valence-corrected chi connectivity index (χ3v) is 3.41. The molecule has 0 aliphatic rings. The van der Waals surface area contributed by atoms with Gasteiger partial charge < -0.3 is 10.2 Å². The summed E-state index contributed by atoms with van der Waals surface area (Å²) in [5.74, 6) is -1.26. The molecule has 0 saturated heterocycles. The summed E-state index contributed by atoms with van der Waals surface area (Å²) in [4.78, 5) is 11.1. The molecule has 3 heteroatoms. The van der Waals surface area contributed by atoms with Crippen molar-refractivity contribution < 1.29 is 15.0 Å². The molecule has 18 heavy (non-hydrogen) atoms. The molecule has 2 N–H and O–H groups in total. The number of aromatic hydroxyl groups is 1. The molecule has 1 unspecified atom stereocenters. The van der Waals surface area contributed by atoms with Gasteiger partial charge in [-0.25, -0.2) is 0 Å². The maximum Gasteiger partial charge on any atom is 0.310 e. The first-order valence-corrected chi connectivity index (χ1v) is 6.13. The second-order valence-corrected chi connectivity index (χ2v) is 5.94. The van der Waals surface area contributed by atoms with E-state index in [0.29, 0.717) is 11.1 Å². The van der Waals surface area contributed by atoms with Crippen molar-refractivity contribution in [2.24, 2.45) is 0 Å². The van der Waals surface area contributed by atoms with Gasteiger partial charge in [0.2, 0.25) is 0 Å². The molecule has 0 aliphatic carbocycles. The fourth-order valence-electron chi connectivity index (χ4n) is 2.35. The van der Waals surface area contributed by atoms with Gasteiger partial charge >= 0.3 is 5.97 Å². The summed E-state index contributed by atoms with van der Waals surface area (Å²) in [5.41, 5.74) is 3.01. The van der Waals surface area contributed by atoms with E-state index in [2.05, 4.69) is 0 Å². The van der Waals surface area contributed by atoms with Gasteiger partial charge in [-0.05, 0) is 48.4 Å². The summed E-state index contributed by atoms with van der Waals surface area (Å²) in [6.07, 6.45) is 0. The quantitative estimate of drug-likeness (QED) is 0.844. The van der Waals surface area contributed by atoms with Crippen molar-refractivity contribution in [1.82, 2.24) is 0 Å². The van der Waals surface area contributed by atoms with Crippen LogP contribution in [0.4, 0.5) is 0 Å². The lowest BCUT2D eigenvalue weighted by molar-refractivity contribution is -0.138. The largest absolute Gasteiger partial charge is 0.507 e. The lowest BCUT2D eigenvalue weighted by Gasteiger charge is -2.25. The molecule has 3 nitrogen and oxygen atoms in total. The van der Waals surface area contributed by atoms with E-state index in [0.717, 1.165) is 11.1 Å². The zero-order chi connectivity index (χ0) is 14.2. The van der Waals surface area contributed by atoms with Gasteiger partial charge in [-0.2, -0.15) is 0 Å². The van der Waals surface area contributed by atoms with Crippen LogP contribution in [0.2, 0.25) is 0 Å². The van der Waals surface area contributed by atoms with Crippen LogP contribution in [0, 0.1) is 13.8 Å². The van der Waals surface area contributed by atoms with Gasteiger partial charge in [0.1, 0.15) is 5.75 Å². The molecule has 1 rings (SSSR count). The van der Waals surface area contributed by atoms with Gasteiger partial charge in [0.25, 0.3) is 0 Å². The minimum atomic E-state index is -0.871. The highest BCUT2D eigenvalue weighted by Gasteiger charge is 2.26. The third kappa shape index (κ3) is 2.50.